The van der Waals surface area contributed by atoms with Crippen LogP contribution in [0, 0.1) is 6.92 Å². The van der Waals surface area contributed by atoms with E-state index in [4.69, 9.17) is 10.5 Å². The molecular weight excluding hydrogens is 258 g/mol. The minimum Gasteiger partial charge on any atom is -0.372 e. The highest BCUT2D eigenvalue weighted by Crippen LogP contribution is 2.21. The molecule has 2 atom stereocenters. The second-order valence-electron chi connectivity index (χ2n) is 4.54. The van der Waals surface area contributed by atoms with Gasteiger partial charge in [-0.25, -0.2) is 4.98 Å². The van der Waals surface area contributed by atoms with Gasteiger partial charge in [0.05, 0.1) is 23.9 Å². The van der Waals surface area contributed by atoms with Crippen LogP contribution >= 0.6 is 11.3 Å². The molecule has 0 saturated heterocycles. The van der Waals surface area contributed by atoms with E-state index in [9.17, 15) is 0 Å². The minimum absolute atomic E-state index is 0.0510. The summed E-state index contributed by atoms with van der Waals surface area (Å²) < 4.78 is 5.94. The molecule has 0 aromatic carbocycles. The van der Waals surface area contributed by atoms with Crippen molar-refractivity contribution in [2.75, 3.05) is 6.61 Å². The highest BCUT2D eigenvalue weighted by atomic mass is 32.1. The number of rotatable bonds is 6. The zero-order chi connectivity index (χ0) is 13.7. The van der Waals surface area contributed by atoms with Gasteiger partial charge in [0.1, 0.15) is 0 Å². The number of aryl methyl sites for hydroxylation is 1. The van der Waals surface area contributed by atoms with E-state index in [-0.39, 0.29) is 12.1 Å². The van der Waals surface area contributed by atoms with E-state index in [1.807, 2.05) is 31.5 Å². The van der Waals surface area contributed by atoms with Gasteiger partial charge in [-0.3, -0.25) is 4.98 Å². The molecule has 2 aromatic rings. The summed E-state index contributed by atoms with van der Waals surface area (Å²) in [4.78, 5) is 9.53. The van der Waals surface area contributed by atoms with Crippen molar-refractivity contribution in [3.63, 3.8) is 0 Å². The third-order valence-electron chi connectivity index (χ3n) is 2.98. The van der Waals surface area contributed by atoms with Gasteiger partial charge in [0.25, 0.3) is 0 Å². The summed E-state index contributed by atoms with van der Waals surface area (Å²) in [7, 11) is 0. The zero-order valence-corrected chi connectivity index (χ0v) is 12.1. The molecule has 19 heavy (non-hydrogen) atoms. The number of nitrogens with zero attached hydrogens (tertiary/aromatic N) is 2. The van der Waals surface area contributed by atoms with Gasteiger partial charge in [-0.15, -0.1) is 11.3 Å². The quantitative estimate of drug-likeness (QED) is 0.881. The third-order valence-corrected chi connectivity index (χ3v) is 3.98. The largest absolute Gasteiger partial charge is 0.372 e. The number of pyridine rings is 1. The van der Waals surface area contributed by atoms with Crippen molar-refractivity contribution in [3.8, 4) is 0 Å². The van der Waals surface area contributed by atoms with Crippen LogP contribution in [-0.4, -0.2) is 22.6 Å². The Bertz CT molecular complexity index is 498. The smallest absolute Gasteiger partial charge is 0.0974 e. The van der Waals surface area contributed by atoms with Crippen LogP contribution in [0.2, 0.25) is 0 Å². The predicted molar refractivity (Wildman–Crippen MR) is 77.1 cm³/mol. The molecule has 102 valence electrons. The van der Waals surface area contributed by atoms with E-state index >= 15 is 0 Å². The van der Waals surface area contributed by atoms with Crippen LogP contribution in [0.25, 0.3) is 0 Å². The first-order chi connectivity index (χ1) is 9.18. The zero-order valence-electron chi connectivity index (χ0n) is 11.2. The standard InChI is InChI=1S/C14H19N3OS/c1-10(15)14(12-3-6-16-7-4-12)18-8-5-13-11(2)17-9-19-13/h3-4,6-7,9-10,14H,5,8,15H2,1-2H3. The van der Waals surface area contributed by atoms with Crippen LogP contribution in [-0.2, 0) is 11.2 Å². The summed E-state index contributed by atoms with van der Waals surface area (Å²) in [6.45, 7) is 4.64. The van der Waals surface area contributed by atoms with Crippen molar-refractivity contribution < 1.29 is 4.74 Å². The van der Waals surface area contributed by atoms with E-state index in [0.29, 0.717) is 6.61 Å². The van der Waals surface area contributed by atoms with Gasteiger partial charge in [0, 0.05) is 29.7 Å². The van der Waals surface area contributed by atoms with Gasteiger partial charge in [0.15, 0.2) is 0 Å². The van der Waals surface area contributed by atoms with Gasteiger partial charge in [-0.1, -0.05) is 0 Å². The molecule has 0 aliphatic rings. The normalized spacial score (nSPS) is 14.3. The summed E-state index contributed by atoms with van der Waals surface area (Å²) in [6, 6.07) is 3.85. The SMILES string of the molecule is Cc1ncsc1CCOC(c1ccncc1)C(C)N. The molecule has 0 saturated carbocycles. The molecule has 2 heterocycles. The third kappa shape index (κ3) is 3.83. The average molecular weight is 277 g/mol. The number of ether oxygens (including phenoxy) is 1. The molecule has 0 spiro atoms. The molecular formula is C14H19N3OS. The first-order valence-electron chi connectivity index (χ1n) is 6.34. The molecule has 2 unspecified atom stereocenters. The van der Waals surface area contributed by atoms with Gasteiger partial charge in [-0.05, 0) is 31.5 Å². The summed E-state index contributed by atoms with van der Waals surface area (Å²) in [5.41, 5.74) is 10.0. The lowest BCUT2D eigenvalue weighted by Crippen LogP contribution is -2.27. The molecule has 0 aliphatic carbocycles. The van der Waals surface area contributed by atoms with Crippen molar-refractivity contribution in [2.24, 2.45) is 5.73 Å². The molecule has 2 aromatic heterocycles. The topological polar surface area (TPSA) is 61.0 Å². The van der Waals surface area contributed by atoms with Gasteiger partial charge in [0.2, 0.25) is 0 Å². The molecule has 0 bridgehead atoms. The molecule has 0 radical (unpaired) electrons. The molecule has 2 rings (SSSR count). The first kappa shape index (κ1) is 14.1. The highest BCUT2D eigenvalue weighted by molar-refractivity contribution is 7.09. The molecule has 2 N–H and O–H groups in total. The van der Waals surface area contributed by atoms with Crippen LogP contribution in [0.4, 0.5) is 0 Å². The van der Waals surface area contributed by atoms with Crippen molar-refractivity contribution in [1.82, 2.24) is 9.97 Å². The average Bonchev–Trinajstić information content (AvgIpc) is 2.81. The van der Waals surface area contributed by atoms with Crippen molar-refractivity contribution in [2.45, 2.75) is 32.4 Å². The maximum absolute atomic E-state index is 6.00. The van der Waals surface area contributed by atoms with Crippen molar-refractivity contribution >= 4 is 11.3 Å². The van der Waals surface area contributed by atoms with Gasteiger partial charge in [-0.2, -0.15) is 0 Å². The van der Waals surface area contributed by atoms with Gasteiger partial charge < -0.3 is 10.5 Å². The Hall–Kier alpha value is -1.30. The summed E-state index contributed by atoms with van der Waals surface area (Å²) >= 11 is 1.67. The Labute approximate surface area is 117 Å². The van der Waals surface area contributed by atoms with E-state index in [1.165, 1.54) is 4.88 Å². The Kier molecular flexibility index (Phi) is 5.01. The molecule has 0 fully saturated rings. The van der Waals surface area contributed by atoms with Crippen LogP contribution < -0.4 is 5.73 Å². The molecule has 0 amide bonds. The molecule has 5 heteroatoms. The van der Waals surface area contributed by atoms with E-state index in [0.717, 1.165) is 17.7 Å². The van der Waals surface area contributed by atoms with Crippen LogP contribution in [0.5, 0.6) is 0 Å². The number of hydrogen-bond acceptors (Lipinski definition) is 5. The summed E-state index contributed by atoms with van der Waals surface area (Å²) in [5, 5.41) is 0. The van der Waals surface area contributed by atoms with E-state index < -0.39 is 0 Å². The lowest BCUT2D eigenvalue weighted by molar-refractivity contribution is 0.0405. The minimum atomic E-state index is -0.0868. The molecule has 4 nitrogen and oxygen atoms in total. The number of nitrogens with two attached hydrogens (primary N) is 1. The van der Waals surface area contributed by atoms with Gasteiger partial charge >= 0.3 is 0 Å². The van der Waals surface area contributed by atoms with Crippen molar-refractivity contribution in [3.05, 3.63) is 46.2 Å². The second-order valence-corrected chi connectivity index (χ2v) is 5.48. The van der Waals surface area contributed by atoms with Crippen LogP contribution in [0.3, 0.4) is 0 Å². The highest BCUT2D eigenvalue weighted by Gasteiger charge is 2.16. The predicted octanol–water partition coefficient (Wildman–Crippen LogP) is 2.49. The lowest BCUT2D eigenvalue weighted by atomic mass is 10.1. The van der Waals surface area contributed by atoms with Crippen LogP contribution in [0.15, 0.2) is 30.0 Å². The Morgan fingerprint density at radius 2 is 2.11 bits per heavy atom. The molecule has 0 aliphatic heterocycles. The number of thiazole rings is 1. The van der Waals surface area contributed by atoms with Crippen LogP contribution in [0.1, 0.15) is 29.2 Å². The Morgan fingerprint density at radius 1 is 1.37 bits per heavy atom. The first-order valence-corrected chi connectivity index (χ1v) is 7.22. The summed E-state index contributed by atoms with van der Waals surface area (Å²) in [6.07, 6.45) is 4.32. The lowest BCUT2D eigenvalue weighted by Gasteiger charge is -2.21. The maximum Gasteiger partial charge on any atom is 0.0974 e. The van der Waals surface area contributed by atoms with E-state index in [1.54, 1.807) is 23.7 Å². The monoisotopic (exact) mass is 277 g/mol. The van der Waals surface area contributed by atoms with Crippen molar-refractivity contribution in [1.29, 1.82) is 0 Å². The van der Waals surface area contributed by atoms with E-state index in [2.05, 4.69) is 9.97 Å². The fourth-order valence-electron chi connectivity index (χ4n) is 1.95. The Morgan fingerprint density at radius 3 is 2.68 bits per heavy atom. The fraction of sp³-hybridized carbons (Fsp3) is 0.429. The maximum atomic E-state index is 6.00. The fourth-order valence-corrected chi connectivity index (χ4v) is 2.71. The summed E-state index contributed by atoms with van der Waals surface area (Å²) in [5.74, 6) is 0. The Balaban J connectivity index is 1.93. The number of hydrogen-bond donors (Lipinski definition) is 1. The second kappa shape index (κ2) is 6.75. The number of aromatic nitrogens is 2.